The molecule has 0 bridgehead atoms. The highest BCUT2D eigenvalue weighted by atomic mass is 79.9. The van der Waals surface area contributed by atoms with Crippen LogP contribution in [0.2, 0.25) is 0 Å². The Kier molecular flexibility index (Phi) is 5.95. The summed E-state index contributed by atoms with van der Waals surface area (Å²) in [5, 5.41) is 0. The molecule has 23 heavy (non-hydrogen) atoms. The molecule has 0 N–H and O–H groups in total. The van der Waals surface area contributed by atoms with Gasteiger partial charge in [0.15, 0.2) is 0 Å². The van der Waals surface area contributed by atoms with Crippen molar-refractivity contribution in [3.63, 3.8) is 0 Å². The lowest BCUT2D eigenvalue weighted by Crippen LogP contribution is -2.05. The predicted molar refractivity (Wildman–Crippen MR) is 94.8 cm³/mol. The van der Waals surface area contributed by atoms with E-state index in [0.29, 0.717) is 10.4 Å². The minimum Gasteiger partial charge on any atom is -0.166 e. The van der Waals surface area contributed by atoms with Crippen molar-refractivity contribution in [3.05, 3.63) is 67.6 Å². The Balaban J connectivity index is 2.07. The molecule has 0 spiro atoms. The summed E-state index contributed by atoms with van der Waals surface area (Å²) in [6.45, 7) is 4.17. The van der Waals surface area contributed by atoms with Crippen LogP contribution < -0.4 is 0 Å². The van der Waals surface area contributed by atoms with E-state index >= 15 is 0 Å². The molecule has 0 aromatic heterocycles. The summed E-state index contributed by atoms with van der Waals surface area (Å²) in [6.07, 6.45) is -2.70. The first-order valence-corrected chi connectivity index (χ1v) is 8.88. The second-order valence-electron chi connectivity index (χ2n) is 5.75. The third-order valence-electron chi connectivity index (χ3n) is 3.99. The van der Waals surface area contributed by atoms with Gasteiger partial charge < -0.3 is 0 Å². The van der Waals surface area contributed by atoms with E-state index in [4.69, 9.17) is 0 Å². The maximum absolute atomic E-state index is 12.7. The van der Waals surface area contributed by atoms with Gasteiger partial charge in [0.1, 0.15) is 0 Å². The number of alkyl halides is 3. The van der Waals surface area contributed by atoms with Gasteiger partial charge in [-0.25, -0.2) is 0 Å². The highest BCUT2D eigenvalue weighted by Crippen LogP contribution is 2.33. The molecule has 2 aromatic rings. The van der Waals surface area contributed by atoms with Gasteiger partial charge in [0.2, 0.25) is 0 Å². The van der Waals surface area contributed by atoms with E-state index in [9.17, 15) is 13.2 Å². The molecule has 5 heteroatoms. The van der Waals surface area contributed by atoms with Crippen LogP contribution in [0.5, 0.6) is 0 Å². The van der Waals surface area contributed by atoms with Crippen molar-refractivity contribution in [2.45, 2.75) is 38.8 Å². The molecule has 0 aliphatic heterocycles. The van der Waals surface area contributed by atoms with Crippen LogP contribution in [-0.4, -0.2) is 0 Å². The molecular weight excluding hydrogens is 433 g/mol. The van der Waals surface area contributed by atoms with Crippen molar-refractivity contribution in [2.75, 3.05) is 0 Å². The third kappa shape index (κ3) is 4.83. The highest BCUT2D eigenvalue weighted by molar-refractivity contribution is 9.10. The van der Waals surface area contributed by atoms with Crippen molar-refractivity contribution in [2.24, 2.45) is 0 Å². The number of hydrogen-bond donors (Lipinski definition) is 0. The molecule has 0 radical (unpaired) electrons. The molecule has 1 unspecified atom stereocenters. The van der Waals surface area contributed by atoms with Crippen LogP contribution >= 0.6 is 31.9 Å². The number of rotatable bonds is 4. The zero-order valence-electron chi connectivity index (χ0n) is 12.8. The van der Waals surface area contributed by atoms with Crippen LogP contribution in [0.3, 0.4) is 0 Å². The first-order chi connectivity index (χ1) is 10.7. The average molecular weight is 450 g/mol. The van der Waals surface area contributed by atoms with Gasteiger partial charge in [-0.05, 0) is 60.6 Å². The van der Waals surface area contributed by atoms with Gasteiger partial charge in [-0.2, -0.15) is 13.2 Å². The standard InChI is InChI=1S/C18H17Br2F3/c1-11(14-6-4-12(2)16(19)9-14)3-5-13-7-8-15(10-17(13)20)18(21,22)23/h4,6-11H,3,5H2,1-2H3. The van der Waals surface area contributed by atoms with E-state index in [1.165, 1.54) is 11.1 Å². The Morgan fingerprint density at radius 2 is 1.70 bits per heavy atom. The third-order valence-corrected chi connectivity index (χ3v) is 5.58. The Morgan fingerprint density at radius 1 is 1.00 bits per heavy atom. The number of hydrogen-bond acceptors (Lipinski definition) is 0. The summed E-state index contributed by atoms with van der Waals surface area (Å²) in [4.78, 5) is 0. The molecule has 2 aromatic carbocycles. The van der Waals surface area contributed by atoms with E-state index in [0.717, 1.165) is 35.0 Å². The van der Waals surface area contributed by atoms with Crippen molar-refractivity contribution in [1.29, 1.82) is 0 Å². The summed E-state index contributed by atoms with van der Waals surface area (Å²) in [7, 11) is 0. The van der Waals surface area contributed by atoms with Gasteiger partial charge in [-0.3, -0.25) is 0 Å². The van der Waals surface area contributed by atoms with Crippen LogP contribution in [0.15, 0.2) is 45.3 Å². The first kappa shape index (κ1) is 18.5. The van der Waals surface area contributed by atoms with Crippen LogP contribution in [0, 0.1) is 6.92 Å². The van der Waals surface area contributed by atoms with E-state index in [1.807, 2.05) is 6.92 Å². The smallest absolute Gasteiger partial charge is 0.166 e. The van der Waals surface area contributed by atoms with E-state index in [-0.39, 0.29) is 0 Å². The normalized spacial score (nSPS) is 13.2. The first-order valence-electron chi connectivity index (χ1n) is 7.30. The molecule has 0 heterocycles. The van der Waals surface area contributed by atoms with Gasteiger partial charge in [0.25, 0.3) is 0 Å². The van der Waals surface area contributed by atoms with Crippen LogP contribution in [-0.2, 0) is 12.6 Å². The topological polar surface area (TPSA) is 0 Å². The van der Waals surface area contributed by atoms with Crippen LogP contribution in [0.1, 0.15) is 41.5 Å². The Labute approximate surface area is 151 Å². The van der Waals surface area contributed by atoms with Crippen molar-refractivity contribution in [1.82, 2.24) is 0 Å². The summed E-state index contributed by atoms with van der Waals surface area (Å²) in [6, 6.07) is 10.2. The average Bonchev–Trinajstić information content (AvgIpc) is 2.47. The lowest BCUT2D eigenvalue weighted by molar-refractivity contribution is -0.137. The number of aryl methyl sites for hydroxylation is 2. The molecular formula is C18H17Br2F3. The minimum atomic E-state index is -4.30. The zero-order valence-corrected chi connectivity index (χ0v) is 16.0. The molecule has 0 aliphatic rings. The van der Waals surface area contributed by atoms with Gasteiger partial charge in [-0.1, -0.05) is 57.0 Å². The maximum Gasteiger partial charge on any atom is 0.416 e. The molecule has 0 nitrogen and oxygen atoms in total. The molecule has 0 saturated heterocycles. The Bertz CT molecular complexity index is 693. The van der Waals surface area contributed by atoms with Crippen LogP contribution in [0.25, 0.3) is 0 Å². The number of halogens is 5. The highest BCUT2D eigenvalue weighted by Gasteiger charge is 2.30. The van der Waals surface area contributed by atoms with E-state index in [2.05, 4.69) is 57.0 Å². The molecule has 0 fully saturated rings. The lowest BCUT2D eigenvalue weighted by Gasteiger charge is -2.15. The molecule has 1 atom stereocenters. The molecule has 2 rings (SSSR count). The zero-order chi connectivity index (χ0) is 17.2. The summed E-state index contributed by atoms with van der Waals surface area (Å²) in [5.74, 6) is 0.334. The fourth-order valence-electron chi connectivity index (χ4n) is 2.38. The minimum absolute atomic E-state index is 0.334. The van der Waals surface area contributed by atoms with Crippen molar-refractivity contribution >= 4 is 31.9 Å². The van der Waals surface area contributed by atoms with E-state index in [1.54, 1.807) is 6.07 Å². The molecule has 0 saturated carbocycles. The SMILES string of the molecule is Cc1ccc(C(C)CCc2ccc(C(F)(F)F)cc2Br)cc1Br. The maximum atomic E-state index is 12.7. The summed E-state index contributed by atoms with van der Waals surface area (Å²) >= 11 is 6.79. The van der Waals surface area contributed by atoms with Gasteiger partial charge in [0.05, 0.1) is 5.56 Å². The largest absolute Gasteiger partial charge is 0.416 e. The quantitative estimate of drug-likeness (QED) is 0.460. The monoisotopic (exact) mass is 448 g/mol. The van der Waals surface area contributed by atoms with Gasteiger partial charge >= 0.3 is 6.18 Å². The Morgan fingerprint density at radius 3 is 2.26 bits per heavy atom. The summed E-state index contributed by atoms with van der Waals surface area (Å²) < 4.78 is 39.6. The van der Waals surface area contributed by atoms with Gasteiger partial charge in [-0.15, -0.1) is 0 Å². The molecule has 0 amide bonds. The molecule has 0 aliphatic carbocycles. The van der Waals surface area contributed by atoms with Crippen molar-refractivity contribution in [3.8, 4) is 0 Å². The fourth-order valence-corrected chi connectivity index (χ4v) is 3.35. The lowest BCUT2D eigenvalue weighted by atomic mass is 9.93. The van der Waals surface area contributed by atoms with Gasteiger partial charge in [0, 0.05) is 8.95 Å². The van der Waals surface area contributed by atoms with Crippen molar-refractivity contribution < 1.29 is 13.2 Å². The predicted octanol–water partition coefficient (Wildman–Crippen LogP) is 7.28. The Hall–Kier alpha value is -0.810. The number of benzene rings is 2. The second-order valence-corrected chi connectivity index (χ2v) is 7.46. The van der Waals surface area contributed by atoms with E-state index < -0.39 is 11.7 Å². The second kappa shape index (κ2) is 7.39. The molecule has 124 valence electrons. The summed E-state index contributed by atoms with van der Waals surface area (Å²) in [5.41, 5.74) is 2.69. The van der Waals surface area contributed by atoms with Crippen LogP contribution in [0.4, 0.5) is 13.2 Å². The fraction of sp³-hybridized carbons (Fsp3) is 0.333.